The molecular formula is C25H26N4O3. The molecule has 2 atom stereocenters. The Morgan fingerprint density at radius 1 is 1.03 bits per heavy atom. The fraction of sp³-hybridized carbons (Fsp3) is 0.280. The number of hydroxylamine groups is 1. The molecule has 164 valence electrons. The van der Waals surface area contributed by atoms with Gasteiger partial charge in [0.15, 0.2) is 0 Å². The molecule has 0 spiro atoms. The molecule has 0 aromatic heterocycles. The summed E-state index contributed by atoms with van der Waals surface area (Å²) in [6.45, 7) is 2.44. The zero-order valence-corrected chi connectivity index (χ0v) is 17.8. The first-order valence-corrected chi connectivity index (χ1v) is 10.4. The van der Waals surface area contributed by atoms with Gasteiger partial charge in [-0.25, -0.2) is 5.48 Å². The highest BCUT2D eigenvalue weighted by Gasteiger charge is 2.24. The van der Waals surface area contributed by atoms with Crippen LogP contribution in [0.2, 0.25) is 0 Å². The van der Waals surface area contributed by atoms with Crippen LogP contribution in [0.3, 0.4) is 0 Å². The molecule has 0 radical (unpaired) electrons. The number of amides is 2. The Morgan fingerprint density at radius 2 is 1.59 bits per heavy atom. The molecule has 0 saturated heterocycles. The lowest BCUT2D eigenvalue weighted by Gasteiger charge is -2.19. The molecule has 6 N–H and O–H groups in total. The third-order valence-corrected chi connectivity index (χ3v) is 4.95. The second-order valence-electron chi connectivity index (χ2n) is 7.72. The molecule has 3 rings (SSSR count). The molecular weight excluding hydrogens is 404 g/mol. The Morgan fingerprint density at radius 3 is 2.09 bits per heavy atom. The fourth-order valence-corrected chi connectivity index (χ4v) is 2.90. The molecule has 32 heavy (non-hydrogen) atoms. The molecule has 0 bridgehead atoms. The Hall–Kier alpha value is -3.62. The summed E-state index contributed by atoms with van der Waals surface area (Å²) in [7, 11) is 0. The predicted octanol–water partition coefficient (Wildman–Crippen LogP) is 1.29. The molecule has 2 aromatic carbocycles. The summed E-state index contributed by atoms with van der Waals surface area (Å²) >= 11 is 0. The summed E-state index contributed by atoms with van der Waals surface area (Å²) in [5.41, 5.74) is 10.4. The van der Waals surface area contributed by atoms with Gasteiger partial charge in [0.05, 0.1) is 0 Å². The van der Waals surface area contributed by atoms with Gasteiger partial charge in [0.2, 0.25) is 0 Å². The van der Waals surface area contributed by atoms with E-state index in [1.54, 1.807) is 31.2 Å². The molecule has 0 aliphatic heterocycles. The van der Waals surface area contributed by atoms with Gasteiger partial charge in [-0.15, -0.1) is 0 Å². The lowest BCUT2D eigenvalue weighted by atomic mass is 10.1. The number of carbonyl (C=O) groups is 2. The van der Waals surface area contributed by atoms with Crippen molar-refractivity contribution in [1.29, 1.82) is 0 Å². The van der Waals surface area contributed by atoms with Crippen molar-refractivity contribution >= 4 is 11.8 Å². The monoisotopic (exact) mass is 430 g/mol. The maximum Gasteiger partial charge on any atom is 0.267 e. The van der Waals surface area contributed by atoms with Gasteiger partial charge in [-0.3, -0.25) is 14.8 Å². The fourth-order valence-electron chi connectivity index (χ4n) is 2.90. The minimum atomic E-state index is -1.05. The van der Waals surface area contributed by atoms with E-state index < -0.39 is 23.9 Å². The van der Waals surface area contributed by atoms with Crippen molar-refractivity contribution in [3.63, 3.8) is 0 Å². The summed E-state index contributed by atoms with van der Waals surface area (Å²) in [5, 5.41) is 14.7. The molecule has 7 heteroatoms. The van der Waals surface area contributed by atoms with Gasteiger partial charge in [-0.2, -0.15) is 0 Å². The number of nitrogens with one attached hydrogen (secondary N) is 3. The van der Waals surface area contributed by atoms with E-state index in [-0.39, 0.29) is 0 Å². The minimum Gasteiger partial charge on any atom is -0.339 e. The second-order valence-corrected chi connectivity index (χ2v) is 7.72. The highest BCUT2D eigenvalue weighted by atomic mass is 16.5. The Labute approximate surface area is 187 Å². The minimum absolute atomic E-state index is 0.342. The SMILES string of the molecule is C[C@@H](N)[C@H](NC(=O)c1ccc(C#CC#Cc2ccc(CNC3CC3)cc2)cc1)C(=O)NO. The lowest BCUT2D eigenvalue weighted by molar-refractivity contribution is -0.131. The maximum absolute atomic E-state index is 12.3. The predicted molar refractivity (Wildman–Crippen MR) is 121 cm³/mol. The first-order chi connectivity index (χ1) is 15.5. The number of rotatable bonds is 7. The molecule has 1 saturated carbocycles. The average Bonchev–Trinajstić information content (AvgIpc) is 3.64. The van der Waals surface area contributed by atoms with Crippen molar-refractivity contribution in [3.8, 4) is 23.7 Å². The van der Waals surface area contributed by atoms with Crippen LogP contribution >= 0.6 is 0 Å². The van der Waals surface area contributed by atoms with Crippen LogP contribution in [-0.2, 0) is 11.3 Å². The zero-order chi connectivity index (χ0) is 22.9. The molecule has 0 heterocycles. The lowest BCUT2D eigenvalue weighted by Crippen LogP contribution is -2.54. The van der Waals surface area contributed by atoms with Crippen molar-refractivity contribution in [2.75, 3.05) is 0 Å². The first kappa shape index (κ1) is 23.1. The Kier molecular flexibility index (Phi) is 8.02. The van der Waals surface area contributed by atoms with E-state index >= 15 is 0 Å². The van der Waals surface area contributed by atoms with E-state index in [0.717, 1.165) is 12.1 Å². The summed E-state index contributed by atoms with van der Waals surface area (Å²) in [6.07, 6.45) is 2.55. The number of nitrogens with two attached hydrogens (primary N) is 1. The smallest absolute Gasteiger partial charge is 0.267 e. The summed E-state index contributed by atoms with van der Waals surface area (Å²) in [4.78, 5) is 23.9. The van der Waals surface area contributed by atoms with Crippen LogP contribution in [0, 0.1) is 23.7 Å². The number of benzene rings is 2. The first-order valence-electron chi connectivity index (χ1n) is 10.4. The summed E-state index contributed by atoms with van der Waals surface area (Å²) in [6, 6.07) is 13.6. The van der Waals surface area contributed by atoms with Gasteiger partial charge < -0.3 is 16.4 Å². The van der Waals surface area contributed by atoms with Gasteiger partial charge >= 0.3 is 0 Å². The molecule has 2 amide bonds. The standard InChI is InChI=1S/C25H26N4O3/c1-17(26)23(25(31)29-32)28-24(30)21-12-10-19(11-13-21)5-3-2-4-18-6-8-20(9-7-18)16-27-22-14-15-22/h6-13,17,22-23,27,32H,14-16,26H2,1H3,(H,28,30)(H,29,31)/t17-,23+/m1/s1. The third-order valence-electron chi connectivity index (χ3n) is 4.95. The Balaban J connectivity index is 1.55. The van der Waals surface area contributed by atoms with E-state index in [2.05, 4.69) is 46.4 Å². The molecule has 1 aliphatic rings. The molecule has 2 aromatic rings. The summed E-state index contributed by atoms with van der Waals surface area (Å²) < 4.78 is 0. The van der Waals surface area contributed by atoms with Crippen molar-refractivity contribution in [1.82, 2.24) is 16.1 Å². The number of hydrogen-bond donors (Lipinski definition) is 5. The number of hydrogen-bond acceptors (Lipinski definition) is 5. The van der Waals surface area contributed by atoms with Gasteiger partial charge in [-0.1, -0.05) is 24.0 Å². The highest BCUT2D eigenvalue weighted by Crippen LogP contribution is 2.19. The molecule has 1 fully saturated rings. The van der Waals surface area contributed by atoms with Crippen molar-refractivity contribution in [2.45, 2.75) is 44.4 Å². The zero-order valence-electron chi connectivity index (χ0n) is 17.8. The second kappa shape index (κ2) is 11.1. The van der Waals surface area contributed by atoms with Crippen LogP contribution in [0.1, 0.15) is 46.8 Å². The van der Waals surface area contributed by atoms with Gasteiger partial charge in [-0.05, 0) is 73.6 Å². The topological polar surface area (TPSA) is 116 Å². The molecule has 0 unspecified atom stereocenters. The van der Waals surface area contributed by atoms with Crippen LogP contribution in [0.4, 0.5) is 0 Å². The summed E-state index contributed by atoms with van der Waals surface area (Å²) in [5.74, 6) is 10.3. The quantitative estimate of drug-likeness (QED) is 0.258. The largest absolute Gasteiger partial charge is 0.339 e. The van der Waals surface area contributed by atoms with E-state index in [9.17, 15) is 9.59 Å². The van der Waals surface area contributed by atoms with Crippen LogP contribution in [0.25, 0.3) is 0 Å². The maximum atomic E-state index is 12.3. The van der Waals surface area contributed by atoms with Gasteiger partial charge in [0, 0.05) is 35.3 Å². The van der Waals surface area contributed by atoms with E-state index in [1.807, 2.05) is 12.1 Å². The van der Waals surface area contributed by atoms with Crippen molar-refractivity contribution < 1.29 is 14.8 Å². The van der Waals surface area contributed by atoms with Crippen LogP contribution in [0.5, 0.6) is 0 Å². The van der Waals surface area contributed by atoms with Crippen LogP contribution < -0.4 is 21.8 Å². The highest BCUT2D eigenvalue weighted by molar-refractivity contribution is 5.97. The van der Waals surface area contributed by atoms with Crippen LogP contribution in [0.15, 0.2) is 48.5 Å². The Bertz CT molecular complexity index is 1070. The van der Waals surface area contributed by atoms with Crippen LogP contribution in [-0.4, -0.2) is 35.1 Å². The molecule has 1 aliphatic carbocycles. The van der Waals surface area contributed by atoms with Crippen molar-refractivity contribution in [2.24, 2.45) is 5.73 Å². The molecule has 7 nitrogen and oxygen atoms in total. The number of carbonyl (C=O) groups excluding carboxylic acids is 2. The van der Waals surface area contributed by atoms with Gasteiger partial charge in [0.25, 0.3) is 11.8 Å². The van der Waals surface area contributed by atoms with E-state index in [1.165, 1.54) is 23.9 Å². The average molecular weight is 431 g/mol. The van der Waals surface area contributed by atoms with E-state index in [0.29, 0.717) is 17.2 Å². The van der Waals surface area contributed by atoms with E-state index in [4.69, 9.17) is 10.9 Å². The van der Waals surface area contributed by atoms with Gasteiger partial charge in [0.1, 0.15) is 6.04 Å². The third kappa shape index (κ3) is 6.97. The van der Waals surface area contributed by atoms with Crippen molar-refractivity contribution in [3.05, 3.63) is 70.8 Å². The normalized spacial score (nSPS) is 14.1.